The molecule has 3 aromatic rings. The standard InChI is InChI=1S/C21H16N4O3/c26-21-16(15-8-2-1-3-9-15)14-18(17-10-6-7-13-22-17)23-24(21)19-11-4-5-12-20(19)25(27)28/h1-13,16H,14H2. The van der Waals surface area contributed by atoms with Crippen molar-refractivity contribution >= 4 is 23.0 Å². The average molecular weight is 372 g/mol. The minimum atomic E-state index is -0.509. The van der Waals surface area contributed by atoms with Crippen molar-refractivity contribution in [3.05, 3.63) is 100 Å². The number of aromatic nitrogens is 1. The summed E-state index contributed by atoms with van der Waals surface area (Å²) < 4.78 is 0. The van der Waals surface area contributed by atoms with E-state index >= 15 is 0 Å². The molecular formula is C21H16N4O3. The van der Waals surface area contributed by atoms with Gasteiger partial charge in [0, 0.05) is 18.7 Å². The first-order chi connectivity index (χ1) is 13.6. The van der Waals surface area contributed by atoms with E-state index in [0.717, 1.165) is 10.6 Å². The van der Waals surface area contributed by atoms with Gasteiger partial charge in [-0.3, -0.25) is 19.9 Å². The predicted octanol–water partition coefficient (Wildman–Crippen LogP) is 3.91. The van der Waals surface area contributed by atoms with Crippen LogP contribution in [0.2, 0.25) is 0 Å². The van der Waals surface area contributed by atoms with E-state index in [1.165, 1.54) is 12.1 Å². The topological polar surface area (TPSA) is 88.7 Å². The minimum Gasteiger partial charge on any atom is -0.272 e. The highest BCUT2D eigenvalue weighted by Gasteiger charge is 2.36. The molecule has 1 amide bonds. The zero-order valence-corrected chi connectivity index (χ0v) is 14.8. The zero-order valence-electron chi connectivity index (χ0n) is 14.8. The molecule has 0 saturated heterocycles. The molecule has 0 bridgehead atoms. The molecule has 1 aromatic heterocycles. The molecule has 2 aromatic carbocycles. The van der Waals surface area contributed by atoms with E-state index in [2.05, 4.69) is 10.1 Å². The highest BCUT2D eigenvalue weighted by atomic mass is 16.6. The average Bonchev–Trinajstić information content (AvgIpc) is 2.75. The molecule has 1 aliphatic heterocycles. The van der Waals surface area contributed by atoms with Gasteiger partial charge in [-0.2, -0.15) is 10.1 Å². The third kappa shape index (κ3) is 3.25. The second-order valence-electron chi connectivity index (χ2n) is 6.32. The van der Waals surface area contributed by atoms with Gasteiger partial charge in [0.15, 0.2) is 0 Å². The highest BCUT2D eigenvalue weighted by Crippen LogP contribution is 2.35. The normalized spacial score (nSPS) is 16.6. The van der Waals surface area contributed by atoms with Crippen LogP contribution in [-0.4, -0.2) is 21.5 Å². The van der Waals surface area contributed by atoms with Gasteiger partial charge < -0.3 is 0 Å². The van der Waals surface area contributed by atoms with Gasteiger partial charge in [0.1, 0.15) is 5.69 Å². The highest BCUT2D eigenvalue weighted by molar-refractivity contribution is 6.11. The minimum absolute atomic E-state index is 0.145. The van der Waals surface area contributed by atoms with Gasteiger partial charge in [-0.05, 0) is 23.8 Å². The van der Waals surface area contributed by atoms with Crippen LogP contribution in [0.5, 0.6) is 0 Å². The molecule has 0 fully saturated rings. The van der Waals surface area contributed by atoms with E-state index in [0.29, 0.717) is 17.8 Å². The lowest BCUT2D eigenvalue weighted by Crippen LogP contribution is -2.38. The summed E-state index contributed by atoms with van der Waals surface area (Å²) in [5.74, 6) is -0.810. The van der Waals surface area contributed by atoms with Gasteiger partial charge in [-0.15, -0.1) is 0 Å². The van der Waals surface area contributed by atoms with Crippen LogP contribution in [0.25, 0.3) is 0 Å². The molecule has 2 heterocycles. The molecule has 0 spiro atoms. The number of anilines is 1. The number of nitrogens with zero attached hydrogens (tertiary/aromatic N) is 4. The van der Waals surface area contributed by atoms with E-state index in [-0.39, 0.29) is 17.3 Å². The fraction of sp³-hybridized carbons (Fsp3) is 0.0952. The predicted molar refractivity (Wildman–Crippen MR) is 105 cm³/mol. The monoisotopic (exact) mass is 372 g/mol. The first-order valence-electron chi connectivity index (χ1n) is 8.76. The number of pyridine rings is 1. The Balaban J connectivity index is 1.86. The lowest BCUT2D eigenvalue weighted by atomic mass is 9.90. The summed E-state index contributed by atoms with van der Waals surface area (Å²) in [6.07, 6.45) is 2.03. The smallest absolute Gasteiger partial charge is 0.272 e. The number of hydrazone groups is 1. The van der Waals surface area contributed by atoms with Crippen LogP contribution in [0, 0.1) is 10.1 Å². The number of hydrogen-bond donors (Lipinski definition) is 0. The molecule has 1 atom stereocenters. The molecular weight excluding hydrogens is 356 g/mol. The maximum absolute atomic E-state index is 13.3. The largest absolute Gasteiger partial charge is 0.295 e. The first kappa shape index (κ1) is 17.5. The van der Waals surface area contributed by atoms with Gasteiger partial charge in [-0.25, -0.2) is 0 Å². The lowest BCUT2D eigenvalue weighted by Gasteiger charge is -2.29. The summed E-state index contributed by atoms with van der Waals surface area (Å²) >= 11 is 0. The molecule has 7 heteroatoms. The zero-order chi connectivity index (χ0) is 19.5. The SMILES string of the molecule is O=C1C(c2ccccc2)CC(c2ccccn2)=NN1c1ccccc1[N+](=O)[O-]. The van der Waals surface area contributed by atoms with Crippen LogP contribution in [0.4, 0.5) is 11.4 Å². The third-order valence-corrected chi connectivity index (χ3v) is 4.59. The van der Waals surface area contributed by atoms with Crippen molar-refractivity contribution in [1.29, 1.82) is 0 Å². The summed E-state index contributed by atoms with van der Waals surface area (Å²) in [6.45, 7) is 0. The molecule has 138 valence electrons. The van der Waals surface area contributed by atoms with Gasteiger partial charge in [0.25, 0.3) is 11.6 Å². The second-order valence-corrected chi connectivity index (χ2v) is 6.32. The quantitative estimate of drug-likeness (QED) is 0.513. The van der Waals surface area contributed by atoms with E-state index < -0.39 is 10.8 Å². The summed E-state index contributed by atoms with van der Waals surface area (Å²) in [7, 11) is 0. The number of amides is 1. The molecule has 1 unspecified atom stereocenters. The Morgan fingerprint density at radius 2 is 1.68 bits per heavy atom. The molecule has 1 aliphatic rings. The van der Waals surface area contributed by atoms with Crippen LogP contribution in [-0.2, 0) is 4.79 Å². The Bertz CT molecular complexity index is 1050. The van der Waals surface area contributed by atoms with Gasteiger partial charge in [0.05, 0.1) is 22.2 Å². The van der Waals surface area contributed by atoms with Crippen LogP contribution in [0.1, 0.15) is 23.6 Å². The van der Waals surface area contributed by atoms with E-state index in [1.807, 2.05) is 42.5 Å². The molecule has 28 heavy (non-hydrogen) atoms. The fourth-order valence-corrected chi connectivity index (χ4v) is 3.24. The van der Waals surface area contributed by atoms with E-state index in [4.69, 9.17) is 0 Å². The van der Waals surface area contributed by atoms with E-state index in [1.54, 1.807) is 24.4 Å². The van der Waals surface area contributed by atoms with Crippen molar-refractivity contribution in [2.24, 2.45) is 5.10 Å². The molecule has 0 saturated carbocycles. The summed E-state index contributed by atoms with van der Waals surface area (Å²) in [6, 6.07) is 20.9. The Hall–Kier alpha value is -3.87. The molecule has 0 aliphatic carbocycles. The number of rotatable bonds is 4. The second kappa shape index (κ2) is 7.40. The number of nitro groups is 1. The molecule has 0 N–H and O–H groups in total. The summed E-state index contributed by atoms with van der Waals surface area (Å²) in [5, 5.41) is 17.1. The molecule has 0 radical (unpaired) electrons. The van der Waals surface area contributed by atoms with Crippen molar-refractivity contribution in [2.45, 2.75) is 12.3 Å². The van der Waals surface area contributed by atoms with Gasteiger partial charge >= 0.3 is 0 Å². The number of carbonyl (C=O) groups is 1. The Morgan fingerprint density at radius 1 is 0.964 bits per heavy atom. The van der Waals surface area contributed by atoms with Gasteiger partial charge in [0.2, 0.25) is 0 Å². The van der Waals surface area contributed by atoms with E-state index in [9.17, 15) is 14.9 Å². The Morgan fingerprint density at radius 3 is 2.39 bits per heavy atom. The van der Waals surface area contributed by atoms with Crippen molar-refractivity contribution in [3.8, 4) is 0 Å². The first-order valence-corrected chi connectivity index (χ1v) is 8.76. The Kier molecular flexibility index (Phi) is 4.63. The maximum atomic E-state index is 13.3. The van der Waals surface area contributed by atoms with Crippen LogP contribution >= 0.6 is 0 Å². The van der Waals surface area contributed by atoms with Crippen LogP contribution in [0.3, 0.4) is 0 Å². The number of para-hydroxylation sites is 2. The summed E-state index contributed by atoms with van der Waals surface area (Å²) in [4.78, 5) is 28.6. The van der Waals surface area contributed by atoms with Crippen molar-refractivity contribution in [2.75, 3.05) is 5.01 Å². The van der Waals surface area contributed by atoms with Crippen LogP contribution in [0.15, 0.2) is 84.1 Å². The van der Waals surface area contributed by atoms with Crippen LogP contribution < -0.4 is 5.01 Å². The number of hydrogen-bond acceptors (Lipinski definition) is 5. The molecule has 7 nitrogen and oxygen atoms in total. The van der Waals surface area contributed by atoms with Crippen molar-refractivity contribution in [1.82, 2.24) is 4.98 Å². The Labute approximate surface area is 161 Å². The molecule has 4 rings (SSSR count). The van der Waals surface area contributed by atoms with Gasteiger partial charge in [-0.1, -0.05) is 48.5 Å². The fourth-order valence-electron chi connectivity index (χ4n) is 3.24. The number of carbonyl (C=O) groups excluding carboxylic acids is 1. The lowest BCUT2D eigenvalue weighted by molar-refractivity contribution is -0.384. The van der Waals surface area contributed by atoms with Crippen molar-refractivity contribution in [3.63, 3.8) is 0 Å². The number of benzene rings is 2. The number of nitro benzene ring substituents is 1. The van der Waals surface area contributed by atoms with Crippen molar-refractivity contribution < 1.29 is 9.72 Å². The maximum Gasteiger partial charge on any atom is 0.295 e. The third-order valence-electron chi connectivity index (χ3n) is 4.59. The summed E-state index contributed by atoms with van der Waals surface area (Å²) in [5.41, 5.74) is 2.05.